The zero-order valence-electron chi connectivity index (χ0n) is 27.1. The zero-order chi connectivity index (χ0) is 29.4. The Labute approximate surface area is 251 Å². The predicted octanol–water partition coefficient (Wildman–Crippen LogP) is 13.0. The average molecular weight is 583 g/mol. The molecule has 238 valence electrons. The summed E-state index contributed by atoms with van der Waals surface area (Å²) in [4.78, 5) is 19.6. The topological polar surface area (TPSA) is 57.5 Å². The maximum absolute atomic E-state index is 12.0. The van der Waals surface area contributed by atoms with Crippen LogP contribution in [0.5, 0.6) is 0 Å². The van der Waals surface area contributed by atoms with E-state index in [1.54, 1.807) is 0 Å². The largest absolute Gasteiger partial charge is 0.328 e. The Morgan fingerprint density at radius 3 is 0.950 bits per heavy atom. The van der Waals surface area contributed by atoms with E-state index in [-0.39, 0.29) is 0 Å². The van der Waals surface area contributed by atoms with E-state index in [0.717, 1.165) is 25.7 Å². The summed E-state index contributed by atoms with van der Waals surface area (Å²) in [5, 5.41) is 0. The number of hydrogen-bond donors (Lipinski definition) is 2. The van der Waals surface area contributed by atoms with E-state index in [9.17, 15) is 14.4 Å². The van der Waals surface area contributed by atoms with Gasteiger partial charge in [0, 0.05) is 0 Å². The van der Waals surface area contributed by atoms with Crippen LogP contribution in [0.1, 0.15) is 200 Å². The molecule has 0 aliphatic heterocycles. The lowest BCUT2D eigenvalue weighted by Gasteiger charge is -2.18. The molecule has 0 aromatic heterocycles. The number of allylic oxidation sites excluding steroid dienone is 4. The first kappa shape index (κ1) is 39.6. The van der Waals surface area contributed by atoms with Gasteiger partial charge >= 0.3 is 7.60 Å². The fourth-order valence-electron chi connectivity index (χ4n) is 5.56. The third-order valence-electron chi connectivity index (χ3n) is 8.32. The molecule has 0 amide bonds. The number of rotatable bonds is 32. The number of unbranched alkanes of at least 4 members (excludes halogenated alkanes) is 23. The second kappa shape index (κ2) is 31.6. The van der Waals surface area contributed by atoms with Gasteiger partial charge in [0.05, 0.1) is 5.66 Å². The first-order valence-electron chi connectivity index (χ1n) is 17.9. The van der Waals surface area contributed by atoms with Crippen LogP contribution < -0.4 is 0 Å². The average Bonchev–Trinajstić information content (AvgIpc) is 2.93. The van der Waals surface area contributed by atoms with Gasteiger partial charge in [-0.05, 0) is 64.2 Å². The summed E-state index contributed by atoms with van der Waals surface area (Å²) in [7, 11) is -3.97. The molecule has 2 N–H and O–H groups in total. The molecule has 3 nitrogen and oxygen atoms in total. The summed E-state index contributed by atoms with van der Waals surface area (Å²) < 4.78 is 12.0. The highest BCUT2D eigenvalue weighted by Gasteiger charge is 2.27. The van der Waals surface area contributed by atoms with E-state index in [1.807, 2.05) is 0 Å². The van der Waals surface area contributed by atoms with Crippen LogP contribution in [0.4, 0.5) is 0 Å². The van der Waals surface area contributed by atoms with Crippen LogP contribution in [0, 0.1) is 0 Å². The van der Waals surface area contributed by atoms with Crippen molar-refractivity contribution in [2.24, 2.45) is 0 Å². The van der Waals surface area contributed by atoms with Crippen molar-refractivity contribution in [1.82, 2.24) is 0 Å². The van der Waals surface area contributed by atoms with Gasteiger partial charge in [0.25, 0.3) is 0 Å². The van der Waals surface area contributed by atoms with Crippen LogP contribution in [0.15, 0.2) is 24.3 Å². The number of hydrogen-bond acceptors (Lipinski definition) is 1. The first-order chi connectivity index (χ1) is 19.5. The quantitative estimate of drug-likeness (QED) is 0.0471. The molecule has 0 spiro atoms. The molecule has 0 heterocycles. The standard InChI is InChI=1S/C36H71O3P/c1-3-5-7-9-11-13-15-17-19-21-23-25-27-29-31-33-35-36(40(37,38)39)34-32-30-28-26-24-22-20-18-16-14-12-10-8-6-4-2/h17-20,36H,3-16,21-35H2,1-2H3,(H2,37,38,39)/b19-17-,20-18-. The Kier molecular flexibility index (Phi) is 31.3. The maximum atomic E-state index is 12.0. The minimum atomic E-state index is -3.97. The zero-order valence-corrected chi connectivity index (χ0v) is 28.0. The minimum Gasteiger partial charge on any atom is -0.324 e. The second-order valence-electron chi connectivity index (χ2n) is 12.3. The van der Waals surface area contributed by atoms with Gasteiger partial charge < -0.3 is 9.79 Å². The van der Waals surface area contributed by atoms with Gasteiger partial charge in [-0.15, -0.1) is 0 Å². The van der Waals surface area contributed by atoms with Crippen LogP contribution in [-0.4, -0.2) is 15.4 Å². The van der Waals surface area contributed by atoms with Crippen molar-refractivity contribution in [3.05, 3.63) is 24.3 Å². The van der Waals surface area contributed by atoms with Gasteiger partial charge in [-0.2, -0.15) is 0 Å². The summed E-state index contributed by atoms with van der Waals surface area (Å²) in [6.07, 6.45) is 44.9. The highest BCUT2D eigenvalue weighted by molar-refractivity contribution is 7.52. The van der Waals surface area contributed by atoms with Gasteiger partial charge in [-0.3, -0.25) is 4.57 Å². The fraction of sp³-hybridized carbons (Fsp3) is 0.889. The van der Waals surface area contributed by atoms with E-state index in [2.05, 4.69) is 38.2 Å². The predicted molar refractivity (Wildman–Crippen MR) is 179 cm³/mol. The van der Waals surface area contributed by atoms with Crippen LogP contribution in [0.3, 0.4) is 0 Å². The van der Waals surface area contributed by atoms with Crippen LogP contribution in [0.25, 0.3) is 0 Å². The van der Waals surface area contributed by atoms with Crippen molar-refractivity contribution in [2.75, 3.05) is 0 Å². The summed E-state index contributed by atoms with van der Waals surface area (Å²) in [5.74, 6) is 0. The highest BCUT2D eigenvalue weighted by Crippen LogP contribution is 2.46. The third-order valence-corrected chi connectivity index (χ3v) is 9.79. The normalized spacial score (nSPS) is 13.2. The molecular weight excluding hydrogens is 511 g/mol. The van der Waals surface area contributed by atoms with Crippen molar-refractivity contribution in [3.8, 4) is 0 Å². The lowest BCUT2D eigenvalue weighted by molar-refractivity contribution is 0.345. The van der Waals surface area contributed by atoms with Gasteiger partial charge in [0.1, 0.15) is 0 Å². The van der Waals surface area contributed by atoms with Gasteiger partial charge in [-0.25, -0.2) is 0 Å². The summed E-state index contributed by atoms with van der Waals surface area (Å²) >= 11 is 0. The Morgan fingerprint density at radius 2 is 0.675 bits per heavy atom. The fourth-order valence-corrected chi connectivity index (χ4v) is 6.60. The lowest BCUT2D eigenvalue weighted by atomic mass is 10.0. The molecule has 1 unspecified atom stereocenters. The van der Waals surface area contributed by atoms with Gasteiger partial charge in [0.2, 0.25) is 0 Å². The third kappa shape index (κ3) is 30.6. The second-order valence-corrected chi connectivity index (χ2v) is 14.3. The molecular formula is C36H71O3P. The Hall–Kier alpha value is -0.370. The van der Waals surface area contributed by atoms with E-state index >= 15 is 0 Å². The molecule has 1 atom stereocenters. The van der Waals surface area contributed by atoms with E-state index in [1.165, 1.54) is 148 Å². The van der Waals surface area contributed by atoms with Gasteiger partial charge in [-0.1, -0.05) is 160 Å². The molecule has 0 radical (unpaired) electrons. The van der Waals surface area contributed by atoms with Crippen LogP contribution in [0.2, 0.25) is 0 Å². The molecule has 0 bridgehead atoms. The van der Waals surface area contributed by atoms with Gasteiger partial charge in [0.15, 0.2) is 0 Å². The summed E-state index contributed by atoms with van der Waals surface area (Å²) in [5.41, 5.74) is -0.422. The summed E-state index contributed by atoms with van der Waals surface area (Å²) in [6, 6.07) is 0. The maximum Gasteiger partial charge on any atom is 0.328 e. The van der Waals surface area contributed by atoms with Crippen LogP contribution in [-0.2, 0) is 4.57 Å². The molecule has 0 aliphatic rings. The smallest absolute Gasteiger partial charge is 0.324 e. The van der Waals surface area contributed by atoms with E-state index in [4.69, 9.17) is 0 Å². The Bertz CT molecular complexity index is 595. The minimum absolute atomic E-state index is 0.422. The summed E-state index contributed by atoms with van der Waals surface area (Å²) in [6.45, 7) is 4.54. The molecule has 0 aromatic carbocycles. The molecule has 4 heteroatoms. The van der Waals surface area contributed by atoms with E-state index < -0.39 is 13.3 Å². The molecule has 0 rings (SSSR count). The molecule has 0 aromatic rings. The Balaban J connectivity index is 3.60. The van der Waals surface area contributed by atoms with Crippen molar-refractivity contribution in [3.63, 3.8) is 0 Å². The molecule has 0 fully saturated rings. The molecule has 0 aliphatic carbocycles. The molecule has 0 saturated carbocycles. The monoisotopic (exact) mass is 583 g/mol. The SMILES string of the molecule is CCCCCCCC/C=C\CCCCCCCCC(CCCCCCC/C=C\CCCCCCCC)P(=O)(O)O. The van der Waals surface area contributed by atoms with Crippen molar-refractivity contribution in [1.29, 1.82) is 0 Å². The highest BCUT2D eigenvalue weighted by atomic mass is 31.2. The molecule has 0 saturated heterocycles. The lowest BCUT2D eigenvalue weighted by Crippen LogP contribution is -2.08. The van der Waals surface area contributed by atoms with Crippen molar-refractivity contribution < 1.29 is 14.4 Å². The van der Waals surface area contributed by atoms with Crippen molar-refractivity contribution >= 4 is 7.60 Å². The van der Waals surface area contributed by atoms with Crippen molar-refractivity contribution in [2.45, 2.75) is 206 Å². The van der Waals surface area contributed by atoms with E-state index in [0.29, 0.717) is 12.8 Å². The first-order valence-corrected chi connectivity index (χ1v) is 19.6. The Morgan fingerprint density at radius 1 is 0.425 bits per heavy atom. The molecule has 40 heavy (non-hydrogen) atoms. The van der Waals surface area contributed by atoms with Crippen LogP contribution >= 0.6 is 7.60 Å².